The number of carbonyl (C=O) groups is 2. The lowest BCUT2D eigenvalue weighted by atomic mass is 10.00. The van der Waals surface area contributed by atoms with Gasteiger partial charge in [-0.05, 0) is 17.0 Å². The summed E-state index contributed by atoms with van der Waals surface area (Å²) in [5.74, 6) is -0.896. The molecule has 2 aliphatic rings. The fraction of sp³-hybridized carbons (Fsp3) is 0.385. The molecule has 1 fully saturated rings. The summed E-state index contributed by atoms with van der Waals surface area (Å²) in [6.07, 6.45) is 0. The van der Waals surface area contributed by atoms with Crippen LogP contribution in [0, 0.1) is 0 Å². The van der Waals surface area contributed by atoms with Gasteiger partial charge in [-0.2, -0.15) is 0 Å². The van der Waals surface area contributed by atoms with Crippen LogP contribution in [0.25, 0.3) is 5.57 Å². The summed E-state index contributed by atoms with van der Waals surface area (Å²) in [6.45, 7) is 0.422. The molecular weight excluding hydrogens is 312 g/mol. The average Bonchev–Trinajstić information content (AvgIpc) is 2.93. The highest BCUT2D eigenvalue weighted by atomic mass is 32.2. The first-order valence-electron chi connectivity index (χ1n) is 6.28. The zero-order chi connectivity index (χ0) is 15.1. The van der Waals surface area contributed by atoms with E-state index >= 15 is 0 Å². The lowest BCUT2D eigenvalue weighted by Gasteiger charge is -2.48. The van der Waals surface area contributed by atoms with Crippen molar-refractivity contribution in [2.75, 3.05) is 12.9 Å². The number of amides is 1. The molecule has 112 valence electrons. The van der Waals surface area contributed by atoms with Crippen molar-refractivity contribution in [3.8, 4) is 0 Å². The van der Waals surface area contributed by atoms with E-state index in [4.69, 9.17) is 10.5 Å². The number of β-lactam (4-membered cyclic amide) rings is 1. The zero-order valence-electron chi connectivity index (χ0n) is 11.2. The molecule has 3 N–H and O–H groups in total. The molecule has 0 saturated carbocycles. The van der Waals surface area contributed by atoms with E-state index in [2.05, 4.69) is 0 Å². The van der Waals surface area contributed by atoms with Crippen molar-refractivity contribution in [3.63, 3.8) is 0 Å². The summed E-state index contributed by atoms with van der Waals surface area (Å²) in [7, 11) is 1.60. The number of nitrogens with two attached hydrogens (primary N) is 1. The predicted molar refractivity (Wildman–Crippen MR) is 80.7 cm³/mol. The average molecular weight is 326 g/mol. The van der Waals surface area contributed by atoms with Crippen LogP contribution < -0.4 is 5.73 Å². The van der Waals surface area contributed by atoms with Crippen LogP contribution in [0.1, 0.15) is 10.4 Å². The molecule has 0 aliphatic carbocycles. The minimum Gasteiger partial charge on any atom is -0.477 e. The Kier molecular flexibility index (Phi) is 3.78. The topological polar surface area (TPSA) is 92.9 Å². The van der Waals surface area contributed by atoms with Crippen LogP contribution in [0.4, 0.5) is 0 Å². The lowest BCUT2D eigenvalue weighted by Crippen LogP contribution is -2.68. The predicted octanol–water partition coefficient (Wildman–Crippen LogP) is 0.933. The third-order valence-electron chi connectivity index (χ3n) is 3.56. The molecule has 1 aromatic rings. The molecule has 1 saturated heterocycles. The minimum atomic E-state index is -1.09. The van der Waals surface area contributed by atoms with Crippen LogP contribution in [0.15, 0.2) is 17.1 Å². The Morgan fingerprint density at radius 3 is 3.05 bits per heavy atom. The first-order chi connectivity index (χ1) is 10.1. The van der Waals surface area contributed by atoms with Crippen molar-refractivity contribution in [1.82, 2.24) is 4.90 Å². The number of rotatable bonds is 4. The highest BCUT2D eigenvalue weighted by molar-refractivity contribution is 8.00. The number of methoxy groups -OCH3 is 1. The number of fused-ring (bicyclic) bond motifs is 1. The molecule has 0 aromatic carbocycles. The van der Waals surface area contributed by atoms with Crippen molar-refractivity contribution in [2.45, 2.75) is 18.0 Å². The lowest BCUT2D eigenvalue weighted by molar-refractivity contribution is -0.147. The van der Waals surface area contributed by atoms with Gasteiger partial charge in [-0.25, -0.2) is 4.79 Å². The van der Waals surface area contributed by atoms with Crippen molar-refractivity contribution >= 4 is 40.5 Å². The molecule has 8 heteroatoms. The van der Waals surface area contributed by atoms with Crippen LogP contribution in [0.3, 0.4) is 0 Å². The summed E-state index contributed by atoms with van der Waals surface area (Å²) in [5.41, 5.74) is 7.30. The van der Waals surface area contributed by atoms with Gasteiger partial charge in [-0.1, -0.05) is 0 Å². The van der Waals surface area contributed by atoms with E-state index in [9.17, 15) is 14.7 Å². The van der Waals surface area contributed by atoms with Gasteiger partial charge in [0.05, 0.1) is 6.61 Å². The standard InChI is InChI=1S/C13H14N2O4S2/c1-19-4-8-6(2-3-20-8)7-5-21-12-9(14)11(16)15(12)10(7)13(17)18/h2-3,9,12H,4-5,14H2,1H3,(H,17,18)/t9-,12+/m1/s1. The van der Waals surface area contributed by atoms with Gasteiger partial charge in [-0.15, -0.1) is 23.1 Å². The van der Waals surface area contributed by atoms with Gasteiger partial charge in [-0.3, -0.25) is 9.69 Å². The van der Waals surface area contributed by atoms with Crippen molar-refractivity contribution in [1.29, 1.82) is 0 Å². The number of hydrogen-bond donors (Lipinski definition) is 2. The molecule has 6 nitrogen and oxygen atoms in total. The van der Waals surface area contributed by atoms with E-state index in [1.165, 1.54) is 28.0 Å². The Balaban J connectivity index is 2.08. The van der Waals surface area contributed by atoms with Crippen LogP contribution in [0.2, 0.25) is 0 Å². The first kappa shape index (κ1) is 14.6. The Hall–Kier alpha value is -1.35. The van der Waals surface area contributed by atoms with E-state index in [0.29, 0.717) is 17.9 Å². The Bertz CT molecular complexity index is 640. The number of aliphatic carboxylic acids is 1. The fourth-order valence-electron chi connectivity index (χ4n) is 2.57. The normalized spacial score (nSPS) is 24.9. The van der Waals surface area contributed by atoms with E-state index in [1.54, 1.807) is 7.11 Å². The molecule has 2 atom stereocenters. The maximum atomic E-state index is 11.9. The summed E-state index contributed by atoms with van der Waals surface area (Å²) in [4.78, 5) is 25.8. The van der Waals surface area contributed by atoms with Gasteiger partial charge in [0.2, 0.25) is 5.91 Å². The number of hydrogen-bond acceptors (Lipinski definition) is 6. The van der Waals surface area contributed by atoms with E-state index in [-0.39, 0.29) is 17.0 Å². The van der Waals surface area contributed by atoms with Crippen LogP contribution in [-0.4, -0.2) is 46.2 Å². The monoisotopic (exact) mass is 326 g/mol. The Morgan fingerprint density at radius 2 is 2.38 bits per heavy atom. The maximum Gasteiger partial charge on any atom is 0.352 e. The molecular formula is C13H14N2O4S2. The third kappa shape index (κ3) is 2.18. The number of carbonyl (C=O) groups excluding carboxylic acids is 1. The molecule has 2 aliphatic heterocycles. The van der Waals surface area contributed by atoms with Crippen molar-refractivity contribution in [2.24, 2.45) is 5.73 Å². The SMILES string of the molecule is COCc1sccc1C1=C(C(=O)O)N2C(=O)[C@@H](N)[C@@H]2SC1. The third-order valence-corrected chi connectivity index (χ3v) is 5.75. The van der Waals surface area contributed by atoms with Gasteiger partial charge in [0.15, 0.2) is 0 Å². The molecule has 1 aromatic heterocycles. The maximum absolute atomic E-state index is 11.9. The second kappa shape index (κ2) is 5.45. The van der Waals surface area contributed by atoms with Crippen LogP contribution >= 0.6 is 23.1 Å². The van der Waals surface area contributed by atoms with E-state index in [0.717, 1.165) is 10.4 Å². The largest absolute Gasteiger partial charge is 0.477 e. The van der Waals surface area contributed by atoms with Crippen LogP contribution in [-0.2, 0) is 20.9 Å². The quantitative estimate of drug-likeness (QED) is 0.800. The van der Waals surface area contributed by atoms with Crippen molar-refractivity contribution < 1.29 is 19.4 Å². The molecule has 0 bridgehead atoms. The van der Waals surface area contributed by atoms with Gasteiger partial charge < -0.3 is 15.6 Å². The summed E-state index contributed by atoms with van der Waals surface area (Å²) in [6, 6.07) is 1.27. The highest BCUT2D eigenvalue weighted by Crippen LogP contribution is 2.43. The summed E-state index contributed by atoms with van der Waals surface area (Å²) < 4.78 is 5.15. The van der Waals surface area contributed by atoms with E-state index < -0.39 is 12.0 Å². The summed E-state index contributed by atoms with van der Waals surface area (Å²) in [5, 5.41) is 11.2. The fourth-order valence-corrected chi connectivity index (χ4v) is 4.76. The Labute approximate surface area is 129 Å². The zero-order valence-corrected chi connectivity index (χ0v) is 12.9. The van der Waals surface area contributed by atoms with Gasteiger partial charge in [0.25, 0.3) is 0 Å². The number of nitrogens with zero attached hydrogens (tertiary/aromatic N) is 1. The highest BCUT2D eigenvalue weighted by Gasteiger charge is 2.52. The minimum absolute atomic E-state index is 0.0567. The van der Waals surface area contributed by atoms with Gasteiger partial charge >= 0.3 is 5.97 Å². The van der Waals surface area contributed by atoms with Crippen LogP contribution in [0.5, 0.6) is 0 Å². The number of thiophene rings is 1. The second-order valence-electron chi connectivity index (χ2n) is 4.76. The molecule has 3 heterocycles. The molecule has 0 spiro atoms. The molecule has 3 rings (SSSR count). The number of thioether (sulfide) groups is 1. The second-order valence-corrected chi connectivity index (χ2v) is 6.86. The van der Waals surface area contributed by atoms with Gasteiger partial charge in [0, 0.05) is 23.3 Å². The summed E-state index contributed by atoms with van der Waals surface area (Å²) >= 11 is 3.02. The molecule has 21 heavy (non-hydrogen) atoms. The number of carboxylic acids is 1. The first-order valence-corrected chi connectivity index (χ1v) is 8.21. The number of carboxylic acid groups (broad SMARTS) is 1. The molecule has 0 radical (unpaired) electrons. The van der Waals surface area contributed by atoms with E-state index in [1.807, 2.05) is 11.4 Å². The molecule has 1 amide bonds. The Morgan fingerprint density at radius 1 is 1.62 bits per heavy atom. The number of ether oxygens (including phenoxy) is 1. The smallest absolute Gasteiger partial charge is 0.352 e. The van der Waals surface area contributed by atoms with Crippen molar-refractivity contribution in [3.05, 3.63) is 27.6 Å². The van der Waals surface area contributed by atoms with Gasteiger partial charge in [0.1, 0.15) is 17.1 Å². The molecule has 0 unspecified atom stereocenters.